The molecule has 0 saturated carbocycles. The smallest absolute Gasteiger partial charge is 0.157 e. The van der Waals surface area contributed by atoms with Crippen LogP contribution >= 0.6 is 0 Å². The van der Waals surface area contributed by atoms with Crippen LogP contribution in [0.2, 0.25) is 0 Å². The van der Waals surface area contributed by atoms with Gasteiger partial charge in [-0.1, -0.05) is 103 Å². The first kappa shape index (κ1) is 36.3. The van der Waals surface area contributed by atoms with Gasteiger partial charge in [-0.2, -0.15) is 0 Å². The van der Waals surface area contributed by atoms with Crippen LogP contribution in [0, 0.1) is 0 Å². The molecule has 0 bridgehead atoms. The van der Waals surface area contributed by atoms with E-state index in [1.54, 1.807) is 7.11 Å². The topological polar surface area (TPSA) is 64.6 Å². The van der Waals surface area contributed by atoms with Crippen molar-refractivity contribution in [2.45, 2.75) is 76.1 Å². The standard InChI is InChI=1S/C46H47FO7/c1-48-42-36(25-34-19-20-39-35(24-34)18-11-22-50-39)26-38(43-37(42)21-23-51-43)44-46(53-29-33-16-9-4-10-17-33)45(52-28-32-14-7-3-8-15-32)41(47)40(54-44)30-49-27-31-12-5-2-6-13-31/h2-10,12-17,19-20,24,26,40-41,44-46H,11,18,21-23,25,27-30H2,1H3/t40-,41-,44+,45+,46+/m1/s1. The lowest BCUT2D eigenvalue weighted by atomic mass is 9.87. The van der Waals surface area contributed by atoms with Crippen molar-refractivity contribution in [3.63, 3.8) is 0 Å². The first-order valence-corrected chi connectivity index (χ1v) is 19.0. The van der Waals surface area contributed by atoms with E-state index in [0.29, 0.717) is 31.8 Å². The maximum Gasteiger partial charge on any atom is 0.157 e. The van der Waals surface area contributed by atoms with Gasteiger partial charge < -0.3 is 33.2 Å². The van der Waals surface area contributed by atoms with Crippen LogP contribution in [0.4, 0.5) is 4.39 Å². The molecule has 8 heteroatoms. The highest BCUT2D eigenvalue weighted by atomic mass is 19.1. The third-order valence-corrected chi connectivity index (χ3v) is 10.5. The maximum atomic E-state index is 17.0. The van der Waals surface area contributed by atoms with E-state index < -0.39 is 30.6 Å². The predicted octanol–water partition coefficient (Wildman–Crippen LogP) is 8.71. The number of methoxy groups -OCH3 is 1. The summed E-state index contributed by atoms with van der Waals surface area (Å²) in [5, 5.41) is 0. The Balaban J connectivity index is 1.17. The third kappa shape index (κ3) is 8.17. The number of benzene rings is 5. The fourth-order valence-electron chi connectivity index (χ4n) is 7.84. The highest BCUT2D eigenvalue weighted by Gasteiger charge is 2.50. The van der Waals surface area contributed by atoms with Gasteiger partial charge in [0.1, 0.15) is 41.7 Å². The Morgan fingerprint density at radius 2 is 1.35 bits per heavy atom. The molecular formula is C46H47FO7. The Bertz CT molecular complexity index is 1970. The minimum Gasteiger partial charge on any atom is -0.496 e. The zero-order valence-electron chi connectivity index (χ0n) is 30.7. The molecule has 5 aromatic rings. The SMILES string of the molecule is COc1c(Cc2ccc3c(c2)CCCO3)cc([C@@H]2O[C@H](COCc3ccccc3)[C@@H](F)[C@H](OCc3ccccc3)[C@H]2OCc2ccccc2)c2c1CCO2. The lowest BCUT2D eigenvalue weighted by molar-refractivity contribution is -0.248. The zero-order valence-corrected chi connectivity index (χ0v) is 30.7. The molecular weight excluding hydrogens is 683 g/mol. The number of ether oxygens (including phenoxy) is 7. The van der Waals surface area contributed by atoms with Gasteiger partial charge in [-0.05, 0) is 58.4 Å². The number of rotatable bonds is 14. The van der Waals surface area contributed by atoms with E-state index in [0.717, 1.165) is 69.9 Å². The number of hydrogen-bond donors (Lipinski definition) is 0. The predicted molar refractivity (Wildman–Crippen MR) is 204 cm³/mol. The fourth-order valence-corrected chi connectivity index (χ4v) is 7.84. The molecule has 1 saturated heterocycles. The van der Waals surface area contributed by atoms with E-state index in [1.165, 1.54) is 5.56 Å². The first-order valence-electron chi connectivity index (χ1n) is 19.0. The van der Waals surface area contributed by atoms with E-state index in [-0.39, 0.29) is 19.8 Å². The largest absolute Gasteiger partial charge is 0.496 e. The van der Waals surface area contributed by atoms with Crippen LogP contribution in [0.1, 0.15) is 57.0 Å². The summed E-state index contributed by atoms with van der Waals surface area (Å²) in [6.07, 6.45) is -1.69. The van der Waals surface area contributed by atoms with Gasteiger partial charge in [0.2, 0.25) is 0 Å². The van der Waals surface area contributed by atoms with Crippen LogP contribution in [0.5, 0.6) is 17.2 Å². The molecule has 3 heterocycles. The normalized spacial score (nSPS) is 21.8. The Labute approximate surface area is 316 Å². The lowest BCUT2D eigenvalue weighted by Gasteiger charge is -2.44. The Kier molecular flexibility index (Phi) is 11.5. The molecule has 0 unspecified atom stereocenters. The summed E-state index contributed by atoms with van der Waals surface area (Å²) in [6, 6.07) is 38.2. The second-order valence-corrected chi connectivity index (χ2v) is 14.2. The molecule has 3 aliphatic heterocycles. The minimum absolute atomic E-state index is 0.0341. The summed E-state index contributed by atoms with van der Waals surface area (Å²) in [7, 11) is 1.71. The Morgan fingerprint density at radius 1 is 0.685 bits per heavy atom. The summed E-state index contributed by atoms with van der Waals surface area (Å²) < 4.78 is 61.7. The van der Waals surface area contributed by atoms with Gasteiger partial charge in [0, 0.05) is 24.0 Å². The van der Waals surface area contributed by atoms with Crippen molar-refractivity contribution in [3.8, 4) is 17.2 Å². The van der Waals surface area contributed by atoms with E-state index in [4.69, 9.17) is 33.2 Å². The molecule has 0 aromatic heterocycles. The molecule has 54 heavy (non-hydrogen) atoms. The number of alkyl halides is 1. The van der Waals surface area contributed by atoms with Crippen molar-refractivity contribution >= 4 is 0 Å². The van der Waals surface area contributed by atoms with Gasteiger partial charge in [-0.15, -0.1) is 0 Å². The molecule has 0 spiro atoms. The Morgan fingerprint density at radius 3 is 2.04 bits per heavy atom. The molecule has 7 nitrogen and oxygen atoms in total. The van der Waals surface area contributed by atoms with Crippen molar-refractivity contribution in [2.75, 3.05) is 26.9 Å². The van der Waals surface area contributed by atoms with Gasteiger partial charge in [-0.3, -0.25) is 0 Å². The summed E-state index contributed by atoms with van der Waals surface area (Å²) in [5.74, 6) is 2.47. The maximum absolute atomic E-state index is 17.0. The molecule has 0 N–H and O–H groups in total. The second kappa shape index (κ2) is 17.2. The van der Waals surface area contributed by atoms with Crippen LogP contribution in [0.3, 0.4) is 0 Å². The first-order chi connectivity index (χ1) is 26.6. The average molecular weight is 731 g/mol. The number of fused-ring (bicyclic) bond motifs is 2. The summed E-state index contributed by atoms with van der Waals surface area (Å²) in [5.41, 5.74) is 8.07. The molecule has 0 aliphatic carbocycles. The molecule has 280 valence electrons. The van der Waals surface area contributed by atoms with Gasteiger partial charge in [0.25, 0.3) is 0 Å². The second-order valence-electron chi connectivity index (χ2n) is 14.2. The van der Waals surface area contributed by atoms with Crippen molar-refractivity contribution in [2.24, 2.45) is 0 Å². The van der Waals surface area contributed by atoms with E-state index in [9.17, 15) is 0 Å². The third-order valence-electron chi connectivity index (χ3n) is 10.5. The van der Waals surface area contributed by atoms with Crippen LogP contribution in [0.25, 0.3) is 0 Å². The van der Waals surface area contributed by atoms with Gasteiger partial charge in [-0.25, -0.2) is 4.39 Å². The van der Waals surface area contributed by atoms with Crippen LogP contribution in [-0.4, -0.2) is 51.4 Å². The number of hydrogen-bond acceptors (Lipinski definition) is 7. The van der Waals surface area contributed by atoms with E-state index >= 15 is 4.39 Å². The quantitative estimate of drug-likeness (QED) is 0.113. The fraction of sp³-hybridized carbons (Fsp3) is 0.348. The van der Waals surface area contributed by atoms with Gasteiger partial charge in [0.15, 0.2) is 6.17 Å². The molecule has 5 aromatic carbocycles. The number of halogens is 1. The average Bonchev–Trinajstić information content (AvgIpc) is 3.71. The molecule has 5 atom stereocenters. The minimum atomic E-state index is -1.54. The van der Waals surface area contributed by atoms with Crippen molar-refractivity contribution in [1.29, 1.82) is 0 Å². The van der Waals surface area contributed by atoms with Crippen LogP contribution in [-0.2, 0) is 58.0 Å². The number of aryl methyl sites for hydroxylation is 1. The molecule has 1 fully saturated rings. The van der Waals surface area contributed by atoms with Gasteiger partial charge >= 0.3 is 0 Å². The van der Waals surface area contributed by atoms with E-state index in [2.05, 4.69) is 24.3 Å². The molecule has 8 rings (SSSR count). The van der Waals surface area contributed by atoms with E-state index in [1.807, 2.05) is 91.0 Å². The summed E-state index contributed by atoms with van der Waals surface area (Å²) in [6.45, 7) is 2.08. The van der Waals surface area contributed by atoms with Crippen LogP contribution < -0.4 is 14.2 Å². The molecule has 0 amide bonds. The van der Waals surface area contributed by atoms with Crippen molar-refractivity contribution in [3.05, 3.63) is 160 Å². The highest BCUT2D eigenvalue weighted by molar-refractivity contribution is 5.59. The zero-order chi connectivity index (χ0) is 36.7. The Hall–Kier alpha value is -4.73. The molecule has 3 aliphatic rings. The van der Waals surface area contributed by atoms with Gasteiger partial charge in [0.05, 0.1) is 46.8 Å². The lowest BCUT2D eigenvalue weighted by Crippen LogP contribution is -2.55. The summed E-state index contributed by atoms with van der Waals surface area (Å²) >= 11 is 0. The summed E-state index contributed by atoms with van der Waals surface area (Å²) in [4.78, 5) is 0. The van der Waals surface area contributed by atoms with Crippen molar-refractivity contribution < 1.29 is 37.5 Å². The van der Waals surface area contributed by atoms with Crippen LogP contribution in [0.15, 0.2) is 115 Å². The van der Waals surface area contributed by atoms with Crippen molar-refractivity contribution in [1.82, 2.24) is 0 Å². The molecule has 0 radical (unpaired) electrons. The highest BCUT2D eigenvalue weighted by Crippen LogP contribution is 2.48. The monoisotopic (exact) mass is 730 g/mol.